The molecule has 0 aromatic heterocycles. The van der Waals surface area contributed by atoms with E-state index in [4.69, 9.17) is 4.74 Å². The van der Waals surface area contributed by atoms with Crippen molar-refractivity contribution in [2.24, 2.45) is 10.8 Å². The van der Waals surface area contributed by atoms with Gasteiger partial charge < -0.3 is 14.9 Å². The number of halogens is 1. The van der Waals surface area contributed by atoms with Gasteiger partial charge in [0, 0.05) is 23.5 Å². The van der Waals surface area contributed by atoms with Gasteiger partial charge in [0.15, 0.2) is 0 Å². The summed E-state index contributed by atoms with van der Waals surface area (Å²) in [6.45, 7) is 11.6. The molecule has 2 N–H and O–H groups in total. The molecule has 1 aromatic carbocycles. The number of carbonyl (C=O) groups excluding carboxylic acids is 1. The van der Waals surface area contributed by atoms with Crippen LogP contribution in [0.25, 0.3) is 0 Å². The summed E-state index contributed by atoms with van der Waals surface area (Å²) in [4.78, 5) is 11.9. The molecule has 0 saturated heterocycles. The highest BCUT2D eigenvalue weighted by molar-refractivity contribution is 9.10. The van der Waals surface area contributed by atoms with E-state index in [1.54, 1.807) is 0 Å². The SMILES string of the molecule is CC(=O)OC1c2c(C)c(C)c(Br)c(O)c2C2(O)CC(C)(C)CC1(C)C2. The number of aliphatic hydroxyl groups is 1. The van der Waals surface area contributed by atoms with Crippen molar-refractivity contribution in [3.63, 3.8) is 0 Å². The van der Waals surface area contributed by atoms with Crippen LogP contribution in [0, 0.1) is 24.7 Å². The molecule has 25 heavy (non-hydrogen) atoms. The van der Waals surface area contributed by atoms with E-state index in [1.807, 2.05) is 13.8 Å². The molecule has 5 heteroatoms. The number of aromatic hydroxyl groups is 1. The van der Waals surface area contributed by atoms with Gasteiger partial charge in [0.2, 0.25) is 0 Å². The molecule has 1 aromatic rings. The molecule has 2 aliphatic rings. The maximum absolute atomic E-state index is 11.9. The first-order valence-corrected chi connectivity index (χ1v) is 9.52. The summed E-state index contributed by atoms with van der Waals surface area (Å²) in [5, 5.41) is 22.5. The number of rotatable bonds is 1. The number of hydrogen-bond donors (Lipinski definition) is 2. The van der Waals surface area contributed by atoms with Crippen LogP contribution >= 0.6 is 15.9 Å². The van der Waals surface area contributed by atoms with Gasteiger partial charge in [-0.15, -0.1) is 0 Å². The van der Waals surface area contributed by atoms with Crippen molar-refractivity contribution in [3.05, 3.63) is 26.7 Å². The summed E-state index contributed by atoms with van der Waals surface area (Å²) < 4.78 is 6.40. The fourth-order valence-electron chi connectivity index (χ4n) is 5.59. The number of ether oxygens (including phenoxy) is 1. The minimum absolute atomic E-state index is 0.0671. The van der Waals surface area contributed by atoms with E-state index in [1.165, 1.54) is 6.92 Å². The first kappa shape index (κ1) is 18.7. The first-order valence-electron chi connectivity index (χ1n) is 8.73. The summed E-state index contributed by atoms with van der Waals surface area (Å²) in [6.07, 6.45) is 1.40. The molecule has 0 radical (unpaired) electrons. The molecule has 3 atom stereocenters. The zero-order chi connectivity index (χ0) is 18.9. The van der Waals surface area contributed by atoms with Gasteiger partial charge in [0.25, 0.3) is 0 Å². The minimum atomic E-state index is -1.13. The summed E-state index contributed by atoms with van der Waals surface area (Å²) in [5.41, 5.74) is 1.52. The molecule has 3 rings (SSSR count). The number of benzene rings is 1. The Balaban J connectivity index is 2.39. The average molecular weight is 411 g/mol. The number of phenolic OH excluding ortho intramolecular Hbond substituents is 1. The Hall–Kier alpha value is -1.07. The lowest BCUT2D eigenvalue weighted by Gasteiger charge is -2.57. The lowest BCUT2D eigenvalue weighted by Crippen LogP contribution is -2.52. The van der Waals surface area contributed by atoms with Gasteiger partial charge in [0.1, 0.15) is 11.9 Å². The number of hydrogen-bond acceptors (Lipinski definition) is 4. The lowest BCUT2D eigenvalue weighted by atomic mass is 9.50. The molecule has 3 unspecified atom stereocenters. The lowest BCUT2D eigenvalue weighted by molar-refractivity contribution is -0.181. The number of phenols is 1. The zero-order valence-corrected chi connectivity index (χ0v) is 17.4. The van der Waals surface area contributed by atoms with E-state index in [9.17, 15) is 15.0 Å². The van der Waals surface area contributed by atoms with Crippen molar-refractivity contribution in [3.8, 4) is 5.75 Å². The maximum Gasteiger partial charge on any atom is 0.303 e. The fraction of sp³-hybridized carbons (Fsp3) is 0.650. The van der Waals surface area contributed by atoms with Crippen LogP contribution in [0.3, 0.4) is 0 Å². The van der Waals surface area contributed by atoms with Crippen LogP contribution in [0.4, 0.5) is 0 Å². The maximum atomic E-state index is 11.9. The molecule has 4 nitrogen and oxygen atoms in total. The largest absolute Gasteiger partial charge is 0.506 e. The Labute approximate surface area is 157 Å². The second kappa shape index (κ2) is 5.46. The van der Waals surface area contributed by atoms with Crippen LogP contribution in [0.2, 0.25) is 0 Å². The highest BCUT2D eigenvalue weighted by Gasteiger charge is 2.60. The van der Waals surface area contributed by atoms with Crippen LogP contribution in [0.1, 0.15) is 75.3 Å². The molecule has 0 heterocycles. The van der Waals surface area contributed by atoms with Gasteiger partial charge in [-0.2, -0.15) is 0 Å². The minimum Gasteiger partial charge on any atom is -0.506 e. The molecular formula is C20H27BrO4. The molecule has 0 amide bonds. The van der Waals surface area contributed by atoms with Gasteiger partial charge >= 0.3 is 5.97 Å². The summed E-state index contributed by atoms with van der Waals surface area (Å²) >= 11 is 3.47. The highest BCUT2D eigenvalue weighted by Crippen LogP contribution is 2.66. The molecule has 2 bridgehead atoms. The predicted octanol–water partition coefficient (Wildman–Crippen LogP) is 4.79. The van der Waals surface area contributed by atoms with Crippen LogP contribution in [0.5, 0.6) is 5.75 Å². The van der Waals surface area contributed by atoms with E-state index in [0.717, 1.165) is 23.1 Å². The van der Waals surface area contributed by atoms with Crippen LogP contribution in [-0.4, -0.2) is 16.2 Å². The number of fused-ring (bicyclic) bond motifs is 4. The van der Waals surface area contributed by atoms with E-state index in [0.29, 0.717) is 22.9 Å². The van der Waals surface area contributed by atoms with Crippen molar-refractivity contribution < 1.29 is 19.7 Å². The number of carbonyl (C=O) groups is 1. The second-order valence-corrected chi connectivity index (χ2v) is 9.86. The highest BCUT2D eigenvalue weighted by atomic mass is 79.9. The predicted molar refractivity (Wildman–Crippen MR) is 99.4 cm³/mol. The Morgan fingerprint density at radius 3 is 2.32 bits per heavy atom. The number of esters is 1. The van der Waals surface area contributed by atoms with Crippen molar-refractivity contribution in [1.82, 2.24) is 0 Å². The van der Waals surface area contributed by atoms with Gasteiger partial charge in [-0.05, 0) is 65.6 Å². The topological polar surface area (TPSA) is 66.8 Å². The molecule has 2 aliphatic carbocycles. The van der Waals surface area contributed by atoms with E-state index >= 15 is 0 Å². The third-order valence-corrected chi connectivity index (χ3v) is 6.97. The summed E-state index contributed by atoms with van der Waals surface area (Å²) in [6, 6.07) is 0. The Bertz CT molecular complexity index is 770. The standard InChI is InChI=1S/C20H27BrO4/c1-10-11(2)15(21)16(23)14-13(10)17(25-12(3)22)19(6)7-18(4,5)8-20(14,24)9-19/h17,23-24H,7-9H2,1-6H3. The Kier molecular flexibility index (Phi) is 4.09. The summed E-state index contributed by atoms with van der Waals surface area (Å²) in [7, 11) is 0. The zero-order valence-electron chi connectivity index (χ0n) is 15.8. The van der Waals surface area contributed by atoms with Crippen molar-refractivity contribution in [2.75, 3.05) is 0 Å². The van der Waals surface area contributed by atoms with Crippen LogP contribution < -0.4 is 0 Å². The Morgan fingerprint density at radius 1 is 1.16 bits per heavy atom. The van der Waals surface area contributed by atoms with Gasteiger partial charge in [-0.25, -0.2) is 0 Å². The Morgan fingerprint density at radius 2 is 1.76 bits per heavy atom. The van der Waals surface area contributed by atoms with Gasteiger partial charge in [0.05, 0.1) is 10.1 Å². The average Bonchev–Trinajstić information content (AvgIpc) is 2.42. The van der Waals surface area contributed by atoms with E-state index in [2.05, 4.69) is 36.7 Å². The van der Waals surface area contributed by atoms with Crippen molar-refractivity contribution >= 4 is 21.9 Å². The van der Waals surface area contributed by atoms with Crippen molar-refractivity contribution in [1.29, 1.82) is 0 Å². The van der Waals surface area contributed by atoms with Gasteiger partial charge in [-0.1, -0.05) is 20.8 Å². The smallest absolute Gasteiger partial charge is 0.303 e. The van der Waals surface area contributed by atoms with E-state index in [-0.39, 0.29) is 22.5 Å². The van der Waals surface area contributed by atoms with Crippen LogP contribution in [-0.2, 0) is 15.1 Å². The quantitative estimate of drug-likeness (QED) is 0.652. The second-order valence-electron chi connectivity index (χ2n) is 9.07. The first-order chi connectivity index (χ1) is 11.3. The monoisotopic (exact) mass is 410 g/mol. The molecule has 1 fully saturated rings. The fourth-order valence-corrected chi connectivity index (χ4v) is 6.08. The third-order valence-electron chi connectivity index (χ3n) is 6.00. The normalized spacial score (nSPS) is 32.9. The summed E-state index contributed by atoms with van der Waals surface area (Å²) in [5.74, 6) is -0.275. The van der Waals surface area contributed by atoms with Gasteiger partial charge in [-0.3, -0.25) is 4.79 Å². The molecular weight excluding hydrogens is 384 g/mol. The molecule has 0 aliphatic heterocycles. The molecule has 0 spiro atoms. The van der Waals surface area contributed by atoms with Crippen LogP contribution in [0.15, 0.2) is 4.47 Å². The molecule has 1 saturated carbocycles. The molecule has 138 valence electrons. The van der Waals surface area contributed by atoms with E-state index < -0.39 is 11.7 Å². The van der Waals surface area contributed by atoms with Crippen molar-refractivity contribution in [2.45, 2.75) is 72.5 Å². The third kappa shape index (κ3) is 2.71.